The van der Waals surface area contributed by atoms with Crippen LogP contribution in [0.25, 0.3) is 0 Å². The number of hydrogen-bond acceptors (Lipinski definition) is 4. The van der Waals surface area contributed by atoms with Crippen LogP contribution in [0.15, 0.2) is 0 Å². The molecule has 4 heteroatoms. The molecule has 0 radical (unpaired) electrons. The van der Waals surface area contributed by atoms with E-state index in [9.17, 15) is 4.79 Å². The Kier molecular flexibility index (Phi) is 8.01. The molecule has 0 unspecified atom stereocenters. The summed E-state index contributed by atoms with van der Waals surface area (Å²) in [6, 6.07) is 0. The standard InChI is InChI=1S/C14H27NO3/c1-3-18-14(16)12-17-10-9-15(2)11-13-7-5-4-6-8-13/h13H,3-12H2,1-2H3. The van der Waals surface area contributed by atoms with E-state index in [1.807, 2.05) is 0 Å². The van der Waals surface area contributed by atoms with Gasteiger partial charge in [-0.2, -0.15) is 0 Å². The lowest BCUT2D eigenvalue weighted by atomic mass is 9.89. The SMILES string of the molecule is CCOC(=O)COCCN(C)CC1CCCCC1. The van der Waals surface area contributed by atoms with Gasteiger partial charge in [-0.1, -0.05) is 19.3 Å². The highest BCUT2D eigenvalue weighted by molar-refractivity contribution is 5.70. The molecule has 1 fully saturated rings. The highest BCUT2D eigenvalue weighted by atomic mass is 16.6. The molecule has 0 aromatic rings. The summed E-state index contributed by atoms with van der Waals surface area (Å²) in [5, 5.41) is 0. The molecule has 0 saturated heterocycles. The van der Waals surface area contributed by atoms with Crippen LogP contribution in [0.5, 0.6) is 0 Å². The van der Waals surface area contributed by atoms with Crippen molar-refractivity contribution in [3.8, 4) is 0 Å². The number of likely N-dealkylation sites (N-methyl/N-ethyl adjacent to an activating group) is 1. The molecule has 0 heterocycles. The highest BCUT2D eigenvalue weighted by Crippen LogP contribution is 2.23. The van der Waals surface area contributed by atoms with Crippen LogP contribution in [0.3, 0.4) is 0 Å². The molecular weight excluding hydrogens is 230 g/mol. The third-order valence-electron chi connectivity index (χ3n) is 3.44. The van der Waals surface area contributed by atoms with Crippen LogP contribution in [-0.2, 0) is 14.3 Å². The molecule has 1 rings (SSSR count). The van der Waals surface area contributed by atoms with Gasteiger partial charge in [0, 0.05) is 13.1 Å². The van der Waals surface area contributed by atoms with Crippen LogP contribution in [0.1, 0.15) is 39.0 Å². The Morgan fingerprint density at radius 2 is 2.00 bits per heavy atom. The van der Waals surface area contributed by atoms with Crippen molar-refractivity contribution in [1.82, 2.24) is 4.90 Å². The number of nitrogens with zero attached hydrogens (tertiary/aromatic N) is 1. The average Bonchev–Trinajstić information content (AvgIpc) is 2.36. The second-order valence-corrected chi connectivity index (χ2v) is 5.12. The Morgan fingerprint density at radius 3 is 2.67 bits per heavy atom. The molecule has 0 amide bonds. The van der Waals surface area contributed by atoms with Crippen molar-refractivity contribution in [2.75, 3.05) is 40.0 Å². The zero-order chi connectivity index (χ0) is 13.2. The van der Waals surface area contributed by atoms with Crippen LogP contribution in [0.2, 0.25) is 0 Å². The fraction of sp³-hybridized carbons (Fsp3) is 0.929. The van der Waals surface area contributed by atoms with Gasteiger partial charge in [0.2, 0.25) is 0 Å². The fourth-order valence-corrected chi connectivity index (χ4v) is 2.48. The summed E-state index contributed by atoms with van der Waals surface area (Å²) in [6.07, 6.45) is 6.92. The van der Waals surface area contributed by atoms with Gasteiger partial charge < -0.3 is 14.4 Å². The van der Waals surface area contributed by atoms with E-state index < -0.39 is 0 Å². The zero-order valence-corrected chi connectivity index (χ0v) is 11.8. The molecule has 1 aliphatic carbocycles. The fourth-order valence-electron chi connectivity index (χ4n) is 2.48. The Hall–Kier alpha value is -0.610. The highest BCUT2D eigenvalue weighted by Gasteiger charge is 2.15. The quantitative estimate of drug-likeness (QED) is 0.493. The van der Waals surface area contributed by atoms with Gasteiger partial charge in [0.15, 0.2) is 0 Å². The van der Waals surface area contributed by atoms with Crippen LogP contribution in [-0.4, -0.2) is 50.8 Å². The van der Waals surface area contributed by atoms with E-state index in [1.54, 1.807) is 6.92 Å². The first kappa shape index (κ1) is 15.4. The largest absolute Gasteiger partial charge is 0.464 e. The lowest BCUT2D eigenvalue weighted by molar-refractivity contribution is -0.148. The molecule has 0 aliphatic heterocycles. The molecule has 0 aromatic heterocycles. The predicted octanol–water partition coefficient (Wildman–Crippen LogP) is 2.08. The lowest BCUT2D eigenvalue weighted by Crippen LogP contribution is -2.30. The Balaban J connectivity index is 1.99. The molecule has 18 heavy (non-hydrogen) atoms. The van der Waals surface area contributed by atoms with Crippen LogP contribution < -0.4 is 0 Å². The topological polar surface area (TPSA) is 38.8 Å². The second-order valence-electron chi connectivity index (χ2n) is 5.12. The van der Waals surface area contributed by atoms with Gasteiger partial charge in [-0.15, -0.1) is 0 Å². The number of carbonyl (C=O) groups is 1. The number of carbonyl (C=O) groups excluding carboxylic acids is 1. The molecule has 1 saturated carbocycles. The van der Waals surface area contributed by atoms with Gasteiger partial charge in [-0.3, -0.25) is 0 Å². The van der Waals surface area contributed by atoms with Gasteiger partial charge in [0.05, 0.1) is 13.2 Å². The molecule has 0 aromatic carbocycles. The number of ether oxygens (including phenoxy) is 2. The van der Waals surface area contributed by atoms with E-state index in [0.29, 0.717) is 13.2 Å². The molecule has 0 spiro atoms. The van der Waals surface area contributed by atoms with E-state index in [-0.39, 0.29) is 12.6 Å². The number of hydrogen-bond donors (Lipinski definition) is 0. The monoisotopic (exact) mass is 257 g/mol. The zero-order valence-electron chi connectivity index (χ0n) is 11.8. The summed E-state index contributed by atoms with van der Waals surface area (Å²) in [4.78, 5) is 13.4. The minimum Gasteiger partial charge on any atom is -0.464 e. The van der Waals surface area contributed by atoms with E-state index in [4.69, 9.17) is 9.47 Å². The summed E-state index contributed by atoms with van der Waals surface area (Å²) >= 11 is 0. The van der Waals surface area contributed by atoms with Crippen molar-refractivity contribution in [2.45, 2.75) is 39.0 Å². The molecule has 0 atom stereocenters. The second kappa shape index (κ2) is 9.34. The van der Waals surface area contributed by atoms with E-state index in [1.165, 1.54) is 32.1 Å². The molecule has 0 N–H and O–H groups in total. The number of rotatable bonds is 8. The van der Waals surface area contributed by atoms with E-state index >= 15 is 0 Å². The first-order chi connectivity index (χ1) is 8.72. The molecule has 0 bridgehead atoms. The first-order valence-electron chi connectivity index (χ1n) is 7.14. The predicted molar refractivity (Wildman–Crippen MR) is 71.5 cm³/mol. The summed E-state index contributed by atoms with van der Waals surface area (Å²) in [5.74, 6) is 0.584. The van der Waals surface area contributed by atoms with Crippen LogP contribution in [0.4, 0.5) is 0 Å². The average molecular weight is 257 g/mol. The normalized spacial score (nSPS) is 17.1. The lowest BCUT2D eigenvalue weighted by Gasteiger charge is -2.26. The van der Waals surface area contributed by atoms with Crippen LogP contribution >= 0.6 is 0 Å². The summed E-state index contributed by atoms with van der Waals surface area (Å²) in [6.45, 7) is 4.94. The number of esters is 1. The van der Waals surface area contributed by atoms with Crippen molar-refractivity contribution < 1.29 is 14.3 Å². The smallest absolute Gasteiger partial charge is 0.332 e. The van der Waals surface area contributed by atoms with Gasteiger partial charge in [-0.05, 0) is 32.7 Å². The Morgan fingerprint density at radius 1 is 1.28 bits per heavy atom. The van der Waals surface area contributed by atoms with Gasteiger partial charge in [0.1, 0.15) is 6.61 Å². The first-order valence-corrected chi connectivity index (χ1v) is 7.14. The molecular formula is C14H27NO3. The minimum atomic E-state index is -0.271. The Bertz CT molecular complexity index is 227. The summed E-state index contributed by atoms with van der Waals surface area (Å²) in [7, 11) is 2.13. The van der Waals surface area contributed by atoms with Gasteiger partial charge in [0.25, 0.3) is 0 Å². The van der Waals surface area contributed by atoms with Crippen molar-refractivity contribution in [2.24, 2.45) is 5.92 Å². The third kappa shape index (κ3) is 6.97. The summed E-state index contributed by atoms with van der Waals surface area (Å²) < 4.78 is 10.1. The van der Waals surface area contributed by atoms with Crippen LogP contribution in [0, 0.1) is 5.92 Å². The van der Waals surface area contributed by atoms with Crippen molar-refractivity contribution in [3.63, 3.8) is 0 Å². The molecule has 4 nitrogen and oxygen atoms in total. The van der Waals surface area contributed by atoms with E-state index in [0.717, 1.165) is 19.0 Å². The maximum atomic E-state index is 11.0. The van der Waals surface area contributed by atoms with E-state index in [2.05, 4.69) is 11.9 Å². The summed E-state index contributed by atoms with van der Waals surface area (Å²) in [5.41, 5.74) is 0. The maximum Gasteiger partial charge on any atom is 0.332 e. The van der Waals surface area contributed by atoms with Gasteiger partial charge in [-0.25, -0.2) is 4.79 Å². The van der Waals surface area contributed by atoms with Gasteiger partial charge >= 0.3 is 5.97 Å². The Labute approximate surface area is 111 Å². The van der Waals surface area contributed by atoms with Crippen molar-refractivity contribution in [3.05, 3.63) is 0 Å². The van der Waals surface area contributed by atoms with Crippen molar-refractivity contribution in [1.29, 1.82) is 0 Å². The third-order valence-corrected chi connectivity index (χ3v) is 3.44. The molecule has 1 aliphatic rings. The maximum absolute atomic E-state index is 11.0. The molecule has 106 valence electrons. The minimum absolute atomic E-state index is 0.0745. The van der Waals surface area contributed by atoms with Crippen molar-refractivity contribution >= 4 is 5.97 Å².